The number of likely N-dealkylation sites (tertiary alicyclic amines) is 1. The number of hydrogen-bond acceptors (Lipinski definition) is 3. The summed E-state index contributed by atoms with van der Waals surface area (Å²) in [5.41, 5.74) is 0.593. The summed E-state index contributed by atoms with van der Waals surface area (Å²) in [7, 11) is 0. The fourth-order valence-corrected chi connectivity index (χ4v) is 4.60. The van der Waals surface area contributed by atoms with Crippen LogP contribution in [0, 0.1) is 0 Å². The van der Waals surface area contributed by atoms with Crippen LogP contribution in [-0.2, 0) is 4.79 Å². The van der Waals surface area contributed by atoms with Gasteiger partial charge in [-0.1, -0.05) is 19.3 Å². The smallest absolute Gasteiger partial charge is 0.255 e. The number of carbonyl (C=O) groups is 2. The predicted octanol–water partition coefficient (Wildman–Crippen LogP) is 2.87. The normalized spacial score (nSPS) is 22.6. The topological polar surface area (TPSA) is 53.5 Å². The van der Waals surface area contributed by atoms with E-state index in [9.17, 15) is 9.59 Å². The number of hydrogen-bond donors (Lipinski definition) is 0. The van der Waals surface area contributed by atoms with E-state index in [4.69, 9.17) is 0 Å². The lowest BCUT2D eigenvalue weighted by Gasteiger charge is -2.41. The Kier molecular flexibility index (Phi) is 4.88. The summed E-state index contributed by atoms with van der Waals surface area (Å²) >= 11 is 0. The van der Waals surface area contributed by atoms with Crippen molar-refractivity contribution in [3.8, 4) is 0 Å². The van der Waals surface area contributed by atoms with Crippen LogP contribution in [0.2, 0.25) is 0 Å². The molecule has 1 aliphatic heterocycles. The van der Waals surface area contributed by atoms with Gasteiger partial charge in [0.25, 0.3) is 5.91 Å². The first-order valence-corrected chi connectivity index (χ1v) is 9.06. The van der Waals surface area contributed by atoms with Crippen molar-refractivity contribution in [1.82, 2.24) is 14.8 Å². The van der Waals surface area contributed by atoms with Crippen molar-refractivity contribution in [2.45, 2.75) is 64.0 Å². The molecule has 5 heteroatoms. The molecule has 2 aliphatic rings. The third-order valence-corrected chi connectivity index (χ3v) is 5.70. The second kappa shape index (κ2) is 6.91. The summed E-state index contributed by atoms with van der Waals surface area (Å²) in [5, 5.41) is 0. The Morgan fingerprint density at radius 2 is 2.08 bits per heavy atom. The number of carbonyl (C=O) groups excluding carboxylic acids is 2. The Bertz CT molecular complexity index is 596. The van der Waals surface area contributed by atoms with Gasteiger partial charge in [-0.15, -0.1) is 0 Å². The van der Waals surface area contributed by atoms with Crippen LogP contribution in [0.5, 0.6) is 0 Å². The van der Waals surface area contributed by atoms with Crippen LogP contribution in [0.1, 0.15) is 62.7 Å². The monoisotopic (exact) mass is 329 g/mol. The molecule has 1 aliphatic carbocycles. The van der Waals surface area contributed by atoms with Crippen molar-refractivity contribution >= 4 is 11.8 Å². The number of likely N-dealkylation sites (N-methyl/N-ethyl adjacent to an activating group) is 1. The van der Waals surface area contributed by atoms with Crippen LogP contribution in [0.3, 0.4) is 0 Å². The molecule has 0 radical (unpaired) electrons. The third kappa shape index (κ3) is 3.04. The summed E-state index contributed by atoms with van der Waals surface area (Å²) in [6.45, 7) is 4.99. The Labute approximate surface area is 144 Å². The molecule has 1 aromatic heterocycles. The summed E-state index contributed by atoms with van der Waals surface area (Å²) in [5.74, 6) is 0.163. The number of pyridine rings is 1. The van der Waals surface area contributed by atoms with Gasteiger partial charge in [0, 0.05) is 37.9 Å². The van der Waals surface area contributed by atoms with Gasteiger partial charge in [0.2, 0.25) is 5.91 Å². The first kappa shape index (κ1) is 16.9. The molecule has 2 amide bonds. The van der Waals surface area contributed by atoms with Crippen LogP contribution in [0.15, 0.2) is 24.5 Å². The molecule has 1 atom stereocenters. The third-order valence-electron chi connectivity index (χ3n) is 5.70. The Balaban J connectivity index is 1.83. The number of aromatic nitrogens is 1. The van der Waals surface area contributed by atoms with Gasteiger partial charge in [-0.25, -0.2) is 0 Å². The highest BCUT2D eigenvalue weighted by Crippen LogP contribution is 2.43. The lowest BCUT2D eigenvalue weighted by Crippen LogP contribution is -2.47. The second-order valence-corrected chi connectivity index (χ2v) is 7.11. The first-order valence-electron chi connectivity index (χ1n) is 9.06. The zero-order valence-corrected chi connectivity index (χ0v) is 14.7. The molecule has 1 spiro atoms. The molecular formula is C19H27N3O2. The highest BCUT2D eigenvalue weighted by atomic mass is 16.2. The highest BCUT2D eigenvalue weighted by Gasteiger charge is 2.49. The van der Waals surface area contributed by atoms with E-state index in [-0.39, 0.29) is 23.4 Å². The van der Waals surface area contributed by atoms with Crippen molar-refractivity contribution in [3.05, 3.63) is 30.1 Å². The van der Waals surface area contributed by atoms with Gasteiger partial charge in [0.15, 0.2) is 0 Å². The Morgan fingerprint density at radius 3 is 2.67 bits per heavy atom. The molecular weight excluding hydrogens is 302 g/mol. The molecule has 3 rings (SSSR count). The van der Waals surface area contributed by atoms with E-state index in [0.29, 0.717) is 18.7 Å². The minimum Gasteiger partial charge on any atom is -0.335 e. The predicted molar refractivity (Wildman–Crippen MR) is 92.6 cm³/mol. The maximum Gasteiger partial charge on any atom is 0.255 e. The SMILES string of the molecule is CCN(C(=O)c1cccnc1)[C@H]1CN(C(C)=O)C2(CCCCC2)C1. The first-order chi connectivity index (χ1) is 11.6. The van der Waals surface area contributed by atoms with Crippen molar-refractivity contribution in [2.24, 2.45) is 0 Å². The van der Waals surface area contributed by atoms with E-state index in [1.165, 1.54) is 19.3 Å². The molecule has 1 saturated carbocycles. The minimum atomic E-state index is -0.0304. The number of nitrogens with zero attached hydrogens (tertiary/aromatic N) is 3. The Morgan fingerprint density at radius 1 is 1.33 bits per heavy atom. The zero-order valence-electron chi connectivity index (χ0n) is 14.7. The molecule has 2 heterocycles. The lowest BCUT2D eigenvalue weighted by molar-refractivity contribution is -0.134. The largest absolute Gasteiger partial charge is 0.335 e. The van der Waals surface area contributed by atoms with Crippen LogP contribution >= 0.6 is 0 Å². The van der Waals surface area contributed by atoms with Crippen LogP contribution in [0.4, 0.5) is 0 Å². The molecule has 0 unspecified atom stereocenters. The van der Waals surface area contributed by atoms with Crippen molar-refractivity contribution in [2.75, 3.05) is 13.1 Å². The van der Waals surface area contributed by atoms with E-state index in [2.05, 4.69) is 9.88 Å². The van der Waals surface area contributed by atoms with E-state index in [1.54, 1.807) is 25.4 Å². The Hall–Kier alpha value is -1.91. The maximum atomic E-state index is 12.9. The van der Waals surface area contributed by atoms with Gasteiger partial charge < -0.3 is 9.80 Å². The molecule has 1 aromatic rings. The molecule has 5 nitrogen and oxygen atoms in total. The maximum absolute atomic E-state index is 12.9. The number of amides is 2. The average molecular weight is 329 g/mol. The van der Waals surface area contributed by atoms with Crippen molar-refractivity contribution in [1.29, 1.82) is 0 Å². The zero-order chi connectivity index (χ0) is 17.2. The molecule has 130 valence electrons. The molecule has 2 fully saturated rings. The standard InChI is InChI=1S/C19H27N3O2/c1-3-21(18(24)16-8-7-11-20-13-16)17-12-19(9-5-4-6-10-19)22(14-17)15(2)23/h7-8,11,13,17H,3-6,9-10,12,14H2,1-2H3/t17-/m1/s1. The fraction of sp³-hybridized carbons (Fsp3) is 0.632. The van der Waals surface area contributed by atoms with Crippen LogP contribution < -0.4 is 0 Å². The van der Waals surface area contributed by atoms with E-state index >= 15 is 0 Å². The van der Waals surface area contributed by atoms with E-state index < -0.39 is 0 Å². The van der Waals surface area contributed by atoms with E-state index in [0.717, 1.165) is 19.3 Å². The summed E-state index contributed by atoms with van der Waals surface area (Å²) in [6.07, 6.45) is 9.97. The summed E-state index contributed by atoms with van der Waals surface area (Å²) < 4.78 is 0. The molecule has 0 aromatic carbocycles. The summed E-state index contributed by atoms with van der Waals surface area (Å²) in [6, 6.07) is 3.71. The van der Waals surface area contributed by atoms with Crippen molar-refractivity contribution in [3.63, 3.8) is 0 Å². The van der Waals surface area contributed by atoms with E-state index in [1.807, 2.05) is 17.9 Å². The quantitative estimate of drug-likeness (QED) is 0.857. The molecule has 24 heavy (non-hydrogen) atoms. The number of rotatable bonds is 3. The molecule has 1 saturated heterocycles. The minimum absolute atomic E-state index is 0.0203. The van der Waals surface area contributed by atoms with Gasteiger partial charge in [0.05, 0.1) is 11.6 Å². The van der Waals surface area contributed by atoms with Gasteiger partial charge in [-0.05, 0) is 38.3 Å². The molecule has 0 N–H and O–H groups in total. The lowest BCUT2D eigenvalue weighted by atomic mass is 9.79. The average Bonchev–Trinajstić information content (AvgIpc) is 2.95. The van der Waals surface area contributed by atoms with Gasteiger partial charge in [0.1, 0.15) is 0 Å². The van der Waals surface area contributed by atoms with Crippen LogP contribution in [0.25, 0.3) is 0 Å². The van der Waals surface area contributed by atoms with Crippen LogP contribution in [-0.4, -0.2) is 51.3 Å². The molecule has 0 bridgehead atoms. The van der Waals surface area contributed by atoms with Gasteiger partial charge >= 0.3 is 0 Å². The fourth-order valence-electron chi connectivity index (χ4n) is 4.60. The highest BCUT2D eigenvalue weighted by molar-refractivity contribution is 5.94. The van der Waals surface area contributed by atoms with Gasteiger partial charge in [-0.2, -0.15) is 0 Å². The van der Waals surface area contributed by atoms with Gasteiger partial charge in [-0.3, -0.25) is 14.6 Å². The van der Waals surface area contributed by atoms with Crippen molar-refractivity contribution < 1.29 is 9.59 Å². The summed E-state index contributed by atoms with van der Waals surface area (Å²) in [4.78, 5) is 33.2. The second-order valence-electron chi connectivity index (χ2n) is 7.11.